The van der Waals surface area contributed by atoms with E-state index in [9.17, 15) is 0 Å². The Bertz CT molecular complexity index is 440. The third-order valence-electron chi connectivity index (χ3n) is 3.93. The molecule has 138 valence electrons. The zero-order valence-electron chi connectivity index (χ0n) is 16.0. The summed E-state index contributed by atoms with van der Waals surface area (Å²) in [7, 11) is 0.988. The molecule has 0 aliphatic carbocycles. The van der Waals surface area contributed by atoms with E-state index in [2.05, 4.69) is 20.0 Å². The lowest BCUT2D eigenvalue weighted by Gasteiger charge is -2.26. The molecule has 0 aliphatic heterocycles. The lowest BCUT2D eigenvalue weighted by atomic mass is 10.1. The van der Waals surface area contributed by atoms with Crippen LogP contribution in [0.5, 0.6) is 17.2 Å². The second-order valence-corrected chi connectivity index (χ2v) is 9.76. The molecule has 0 unspecified atom stereocenters. The van der Waals surface area contributed by atoms with E-state index in [1.165, 1.54) is 38.5 Å². The number of hydrogen-bond donors (Lipinski definition) is 0. The van der Waals surface area contributed by atoms with Crippen LogP contribution >= 0.6 is 0 Å². The second kappa shape index (κ2) is 11.4. The Morgan fingerprint density at radius 1 is 0.833 bits per heavy atom. The maximum Gasteiger partial charge on any atom is 0.392 e. The molecule has 0 amide bonds. The largest absolute Gasteiger partial charge is 0.515 e. The summed E-state index contributed by atoms with van der Waals surface area (Å²) in [4.78, 5) is 0. The number of hydrogen-bond acceptors (Lipinski definition) is 4. The van der Waals surface area contributed by atoms with Gasteiger partial charge in [0, 0.05) is 6.61 Å². The number of para-hydroxylation sites is 1. The fourth-order valence-electron chi connectivity index (χ4n) is 2.57. The highest BCUT2D eigenvalue weighted by Crippen LogP contribution is 2.38. The van der Waals surface area contributed by atoms with Gasteiger partial charge < -0.3 is 18.3 Å². The van der Waals surface area contributed by atoms with Crippen molar-refractivity contribution in [2.24, 2.45) is 0 Å². The van der Waals surface area contributed by atoms with Crippen LogP contribution in [-0.4, -0.2) is 29.4 Å². The summed E-state index contributed by atoms with van der Waals surface area (Å²) in [6.45, 7) is 7.11. The van der Waals surface area contributed by atoms with Gasteiger partial charge in [-0.2, -0.15) is 0 Å². The van der Waals surface area contributed by atoms with Gasteiger partial charge in [-0.05, 0) is 31.6 Å². The summed E-state index contributed by atoms with van der Waals surface area (Å²) < 4.78 is 23.0. The highest BCUT2D eigenvalue weighted by molar-refractivity contribution is 6.65. The van der Waals surface area contributed by atoms with Crippen LogP contribution < -0.4 is 13.9 Å². The van der Waals surface area contributed by atoms with Gasteiger partial charge in [0.1, 0.15) is 0 Å². The molecule has 0 spiro atoms. The average Bonchev–Trinajstić information content (AvgIpc) is 2.57. The predicted octanol–water partition coefficient (Wildman–Crippen LogP) is 5.55. The molecule has 0 heterocycles. The van der Waals surface area contributed by atoms with Crippen molar-refractivity contribution in [3.63, 3.8) is 0 Å². The molecule has 4 nitrogen and oxygen atoms in total. The molecule has 0 atom stereocenters. The van der Waals surface area contributed by atoms with E-state index >= 15 is 0 Å². The summed E-state index contributed by atoms with van der Waals surface area (Å²) >= 11 is 0. The van der Waals surface area contributed by atoms with E-state index < -0.39 is 8.56 Å². The molecule has 1 rings (SSSR count). The first-order valence-corrected chi connectivity index (χ1v) is 11.9. The van der Waals surface area contributed by atoms with Crippen LogP contribution in [0.4, 0.5) is 0 Å². The smallest absolute Gasteiger partial charge is 0.392 e. The van der Waals surface area contributed by atoms with Gasteiger partial charge in [-0.1, -0.05) is 51.5 Å². The van der Waals surface area contributed by atoms with Crippen molar-refractivity contribution in [2.45, 2.75) is 65.0 Å². The van der Waals surface area contributed by atoms with Gasteiger partial charge in [0.15, 0.2) is 17.2 Å². The first kappa shape index (κ1) is 20.8. The Morgan fingerprint density at radius 3 is 1.92 bits per heavy atom. The van der Waals surface area contributed by atoms with Crippen molar-refractivity contribution in [3.8, 4) is 17.2 Å². The molecule has 0 saturated heterocycles. The Hall–Kier alpha value is -1.20. The molecule has 0 N–H and O–H groups in total. The Balaban J connectivity index is 2.41. The van der Waals surface area contributed by atoms with Crippen molar-refractivity contribution in [3.05, 3.63) is 18.2 Å². The van der Waals surface area contributed by atoms with Gasteiger partial charge >= 0.3 is 8.56 Å². The third-order valence-corrected chi connectivity index (χ3v) is 5.52. The first-order valence-electron chi connectivity index (χ1n) is 9.08. The molecule has 1 aromatic rings. The fraction of sp³-hybridized carbons (Fsp3) is 0.684. The van der Waals surface area contributed by atoms with Crippen LogP contribution in [0.1, 0.15) is 51.9 Å². The summed E-state index contributed by atoms with van der Waals surface area (Å²) in [6.07, 6.45) is 8.96. The summed E-state index contributed by atoms with van der Waals surface area (Å²) in [5, 5.41) is 0. The highest BCUT2D eigenvalue weighted by Gasteiger charge is 2.29. The molecule has 0 aliphatic rings. The van der Waals surface area contributed by atoms with Gasteiger partial charge in [-0.3, -0.25) is 0 Å². The topological polar surface area (TPSA) is 36.9 Å². The normalized spacial score (nSPS) is 11.4. The minimum Gasteiger partial charge on any atom is -0.515 e. The molecular weight excluding hydrogens is 320 g/mol. The zero-order chi connectivity index (χ0) is 17.8. The molecule has 24 heavy (non-hydrogen) atoms. The van der Waals surface area contributed by atoms with Crippen molar-refractivity contribution in [2.75, 3.05) is 20.8 Å². The number of rotatable bonds is 13. The van der Waals surface area contributed by atoms with Crippen LogP contribution in [0.2, 0.25) is 13.1 Å². The van der Waals surface area contributed by atoms with Gasteiger partial charge in [0.05, 0.1) is 14.2 Å². The summed E-state index contributed by atoms with van der Waals surface area (Å²) in [5.74, 6) is 1.99. The average molecular weight is 355 g/mol. The molecule has 0 fully saturated rings. The van der Waals surface area contributed by atoms with Crippen LogP contribution in [0, 0.1) is 0 Å². The van der Waals surface area contributed by atoms with Crippen LogP contribution in [0.3, 0.4) is 0 Å². The quantitative estimate of drug-likeness (QED) is 0.344. The second-order valence-electron chi connectivity index (χ2n) is 6.46. The minimum atomic E-state index is -2.28. The molecular formula is C19H34O4Si. The molecule has 1 aromatic carbocycles. The van der Waals surface area contributed by atoms with Gasteiger partial charge in [0.25, 0.3) is 0 Å². The van der Waals surface area contributed by atoms with Crippen LogP contribution in [-0.2, 0) is 4.43 Å². The first-order chi connectivity index (χ1) is 11.5. The lowest BCUT2D eigenvalue weighted by molar-refractivity contribution is 0.233. The number of ether oxygens (including phenoxy) is 2. The predicted molar refractivity (Wildman–Crippen MR) is 102 cm³/mol. The van der Waals surface area contributed by atoms with Crippen molar-refractivity contribution in [1.82, 2.24) is 0 Å². The number of unbranched alkanes of at least 4 members (excludes halogenated alkanes) is 6. The molecule has 0 bridgehead atoms. The highest BCUT2D eigenvalue weighted by atomic mass is 28.4. The molecule has 5 heteroatoms. The lowest BCUT2D eigenvalue weighted by Crippen LogP contribution is -2.38. The zero-order valence-corrected chi connectivity index (χ0v) is 17.0. The van der Waals surface area contributed by atoms with E-state index in [0.717, 1.165) is 13.0 Å². The fourth-order valence-corrected chi connectivity index (χ4v) is 3.96. The Morgan fingerprint density at radius 2 is 1.38 bits per heavy atom. The molecule has 0 aromatic heterocycles. The van der Waals surface area contributed by atoms with E-state index in [-0.39, 0.29) is 0 Å². The standard InChI is InChI=1S/C19H34O4Si/c1-6-7-8-9-10-11-12-16-22-24(4,5)23-19-17(20-2)14-13-15-18(19)21-3/h13-15H,6-12,16H2,1-5H3. The minimum absolute atomic E-state index is 0.638. The maximum absolute atomic E-state index is 6.17. The van der Waals surface area contributed by atoms with E-state index in [4.69, 9.17) is 18.3 Å². The van der Waals surface area contributed by atoms with Gasteiger partial charge in [0.2, 0.25) is 0 Å². The van der Waals surface area contributed by atoms with Crippen molar-refractivity contribution < 1.29 is 18.3 Å². The number of methoxy groups -OCH3 is 2. The SMILES string of the molecule is CCCCCCCCCO[Si](C)(C)Oc1c(OC)cccc1OC. The third kappa shape index (κ3) is 7.58. The van der Waals surface area contributed by atoms with Gasteiger partial charge in [-0.25, -0.2) is 0 Å². The number of benzene rings is 1. The van der Waals surface area contributed by atoms with Crippen LogP contribution in [0.15, 0.2) is 18.2 Å². The molecule has 0 saturated carbocycles. The Kier molecular flexibility index (Phi) is 9.87. The Labute approximate surface area is 148 Å². The molecule has 0 radical (unpaired) electrons. The van der Waals surface area contributed by atoms with Crippen LogP contribution in [0.25, 0.3) is 0 Å². The van der Waals surface area contributed by atoms with E-state index in [1.807, 2.05) is 18.2 Å². The summed E-state index contributed by atoms with van der Waals surface area (Å²) in [6, 6.07) is 5.63. The van der Waals surface area contributed by atoms with Crippen molar-refractivity contribution in [1.29, 1.82) is 0 Å². The van der Waals surface area contributed by atoms with Crippen molar-refractivity contribution >= 4 is 8.56 Å². The monoisotopic (exact) mass is 354 g/mol. The summed E-state index contributed by atoms with van der Waals surface area (Å²) in [5.41, 5.74) is 0. The van der Waals surface area contributed by atoms with Gasteiger partial charge in [-0.15, -0.1) is 0 Å². The van der Waals surface area contributed by atoms with E-state index in [0.29, 0.717) is 17.2 Å². The maximum atomic E-state index is 6.17. The van der Waals surface area contributed by atoms with E-state index in [1.54, 1.807) is 14.2 Å².